The van der Waals surface area contributed by atoms with E-state index in [0.29, 0.717) is 12.0 Å². The Morgan fingerprint density at radius 1 is 1.27 bits per heavy atom. The van der Waals surface area contributed by atoms with E-state index < -0.39 is 10.5 Å². The van der Waals surface area contributed by atoms with Gasteiger partial charge in [-0.1, -0.05) is 37.3 Å². The van der Waals surface area contributed by atoms with E-state index in [4.69, 9.17) is 4.79 Å². The second-order valence-corrected chi connectivity index (χ2v) is 3.64. The van der Waals surface area contributed by atoms with Crippen LogP contribution in [0.25, 0.3) is 0 Å². The minimum atomic E-state index is -1.67. The second kappa shape index (κ2) is 6.80. The van der Waals surface area contributed by atoms with Gasteiger partial charge in [-0.15, -0.1) is 0 Å². The first-order chi connectivity index (χ1) is 6.90. The minimum absolute atomic E-state index is 0.303. The number of benzene rings is 1. The van der Waals surface area contributed by atoms with Crippen LogP contribution in [0.3, 0.4) is 0 Å². The van der Waals surface area contributed by atoms with Crippen molar-refractivity contribution in [1.82, 2.24) is 0 Å². The Hall–Kier alpha value is -0.610. The number of rotatable bonds is 2. The van der Waals surface area contributed by atoms with E-state index in [2.05, 4.69) is 23.2 Å². The van der Waals surface area contributed by atoms with Gasteiger partial charge in [0.15, 0.2) is 5.79 Å². The van der Waals surface area contributed by atoms with Gasteiger partial charge in [0, 0.05) is 12.0 Å². The van der Waals surface area contributed by atoms with E-state index in [9.17, 15) is 10.2 Å². The third kappa shape index (κ3) is 6.47. The number of carbonyl (C=O) groups excluding carboxylic acids is 1. The zero-order chi connectivity index (χ0) is 11.9. The summed E-state index contributed by atoms with van der Waals surface area (Å²) in [7, 11) is 0. The number of hydrogen-bond donors (Lipinski definition) is 2. The van der Waals surface area contributed by atoms with Crippen molar-refractivity contribution >= 4 is 27.9 Å². The molecule has 1 aromatic carbocycles. The summed E-state index contributed by atoms with van der Waals surface area (Å²) in [5.74, 6) is -1.67. The van der Waals surface area contributed by atoms with Crippen LogP contribution in [0.15, 0.2) is 30.3 Å². The summed E-state index contributed by atoms with van der Waals surface area (Å²) in [5.41, 5.74) is 0.544. The molecule has 0 aliphatic heterocycles. The van der Waals surface area contributed by atoms with E-state index in [1.807, 2.05) is 6.07 Å². The van der Waals surface area contributed by atoms with Gasteiger partial charge in [-0.3, -0.25) is 4.79 Å². The standard InChI is InChI=1S/C9H12O2.CCl2O/c1-2-9(10,11)8-6-4-3-5-7-8;2-1(3)4/h3-7,10-11H,2H2,1H3;. The molecule has 1 aromatic rings. The van der Waals surface area contributed by atoms with Gasteiger partial charge in [0.2, 0.25) is 0 Å². The maximum Gasteiger partial charge on any atom is 0.313 e. The topological polar surface area (TPSA) is 57.5 Å². The van der Waals surface area contributed by atoms with Gasteiger partial charge in [0.05, 0.1) is 0 Å². The molecule has 0 saturated heterocycles. The van der Waals surface area contributed by atoms with Gasteiger partial charge in [-0.05, 0) is 23.2 Å². The van der Waals surface area contributed by atoms with Gasteiger partial charge in [-0.25, -0.2) is 0 Å². The van der Waals surface area contributed by atoms with E-state index in [0.717, 1.165) is 0 Å². The maximum absolute atomic E-state index is 9.35. The summed E-state index contributed by atoms with van der Waals surface area (Å²) in [5, 5.41) is 18.7. The van der Waals surface area contributed by atoms with Gasteiger partial charge >= 0.3 is 4.70 Å². The molecule has 0 saturated carbocycles. The van der Waals surface area contributed by atoms with Crippen molar-refractivity contribution < 1.29 is 15.0 Å². The van der Waals surface area contributed by atoms with Crippen LogP contribution < -0.4 is 0 Å². The van der Waals surface area contributed by atoms with Crippen LogP contribution in [-0.4, -0.2) is 14.9 Å². The smallest absolute Gasteiger partial charge is 0.313 e. The molecule has 0 aliphatic carbocycles. The molecular weight excluding hydrogens is 239 g/mol. The number of aliphatic hydroxyl groups is 2. The molecule has 0 unspecified atom stereocenters. The first-order valence-electron chi connectivity index (χ1n) is 4.25. The Morgan fingerprint density at radius 2 is 1.67 bits per heavy atom. The predicted molar refractivity (Wildman–Crippen MR) is 60.0 cm³/mol. The molecule has 0 spiro atoms. The monoisotopic (exact) mass is 250 g/mol. The fraction of sp³-hybridized carbons (Fsp3) is 0.300. The summed E-state index contributed by atoms with van der Waals surface area (Å²) in [6, 6.07) is 8.81. The third-order valence-electron chi connectivity index (χ3n) is 1.73. The highest BCUT2D eigenvalue weighted by molar-refractivity contribution is 6.93. The van der Waals surface area contributed by atoms with Crippen LogP contribution in [0.1, 0.15) is 18.9 Å². The molecule has 2 N–H and O–H groups in total. The molecule has 0 bridgehead atoms. The van der Waals surface area contributed by atoms with E-state index in [1.165, 1.54) is 0 Å². The summed E-state index contributed by atoms with van der Waals surface area (Å²) in [4.78, 5) is 8.98. The average molecular weight is 251 g/mol. The van der Waals surface area contributed by atoms with E-state index in [1.54, 1.807) is 31.2 Å². The molecule has 0 amide bonds. The Labute approximate surface area is 98.3 Å². The molecule has 1 rings (SSSR count). The maximum atomic E-state index is 9.35. The quantitative estimate of drug-likeness (QED) is 0.627. The van der Waals surface area contributed by atoms with Crippen molar-refractivity contribution in [2.24, 2.45) is 0 Å². The molecule has 15 heavy (non-hydrogen) atoms. The lowest BCUT2D eigenvalue weighted by Gasteiger charge is -2.19. The van der Waals surface area contributed by atoms with Crippen LogP contribution in [0, 0.1) is 0 Å². The summed E-state index contributed by atoms with van der Waals surface area (Å²) >= 11 is 8.80. The van der Waals surface area contributed by atoms with E-state index >= 15 is 0 Å². The summed E-state index contributed by atoms with van der Waals surface area (Å²) in [6.45, 7) is 1.73. The molecule has 0 aromatic heterocycles. The van der Waals surface area contributed by atoms with Crippen molar-refractivity contribution in [3.63, 3.8) is 0 Å². The Kier molecular flexibility index (Phi) is 6.52. The second-order valence-electron chi connectivity index (χ2n) is 2.76. The zero-order valence-corrected chi connectivity index (χ0v) is 9.66. The SMILES string of the molecule is CCC(O)(O)c1ccccc1.O=C(Cl)Cl. The lowest BCUT2D eigenvalue weighted by Crippen LogP contribution is -2.23. The molecular formula is C10H12Cl2O3. The lowest BCUT2D eigenvalue weighted by molar-refractivity contribution is -0.171. The van der Waals surface area contributed by atoms with Crippen molar-refractivity contribution in [3.8, 4) is 0 Å². The highest BCUT2D eigenvalue weighted by atomic mass is 35.5. The zero-order valence-electron chi connectivity index (χ0n) is 8.15. The highest BCUT2D eigenvalue weighted by Gasteiger charge is 2.21. The van der Waals surface area contributed by atoms with Gasteiger partial charge < -0.3 is 10.2 Å². The van der Waals surface area contributed by atoms with Crippen molar-refractivity contribution in [2.45, 2.75) is 19.1 Å². The normalized spacial score (nSPS) is 10.2. The Balaban J connectivity index is 0.000000423. The van der Waals surface area contributed by atoms with Gasteiger partial charge in [0.25, 0.3) is 0 Å². The summed E-state index contributed by atoms with van der Waals surface area (Å²) < 4.78 is -0.889. The molecule has 0 aliphatic rings. The van der Waals surface area contributed by atoms with Gasteiger partial charge in [0.1, 0.15) is 0 Å². The Morgan fingerprint density at radius 3 is 2.00 bits per heavy atom. The molecule has 5 heteroatoms. The van der Waals surface area contributed by atoms with E-state index in [-0.39, 0.29) is 0 Å². The largest absolute Gasteiger partial charge is 0.362 e. The van der Waals surface area contributed by atoms with Crippen molar-refractivity contribution in [3.05, 3.63) is 35.9 Å². The fourth-order valence-electron chi connectivity index (χ4n) is 0.909. The van der Waals surface area contributed by atoms with Gasteiger partial charge in [-0.2, -0.15) is 0 Å². The van der Waals surface area contributed by atoms with Crippen LogP contribution in [-0.2, 0) is 5.79 Å². The van der Waals surface area contributed by atoms with Crippen LogP contribution in [0.5, 0.6) is 0 Å². The molecule has 0 fully saturated rings. The fourth-order valence-corrected chi connectivity index (χ4v) is 0.909. The lowest BCUT2D eigenvalue weighted by atomic mass is 10.0. The molecule has 84 valence electrons. The first kappa shape index (κ1) is 14.4. The predicted octanol–water partition coefficient (Wildman–Crippen LogP) is 2.82. The van der Waals surface area contributed by atoms with Crippen molar-refractivity contribution in [1.29, 1.82) is 0 Å². The number of carbonyl (C=O) groups is 1. The molecule has 3 nitrogen and oxygen atoms in total. The number of halogens is 2. The third-order valence-corrected chi connectivity index (χ3v) is 1.73. The Bertz CT molecular complexity index is 295. The van der Waals surface area contributed by atoms with Crippen LogP contribution in [0.2, 0.25) is 0 Å². The first-order valence-corrected chi connectivity index (χ1v) is 5.01. The van der Waals surface area contributed by atoms with Crippen molar-refractivity contribution in [2.75, 3.05) is 0 Å². The molecule has 0 atom stereocenters. The average Bonchev–Trinajstić information content (AvgIpc) is 2.18. The highest BCUT2D eigenvalue weighted by Crippen LogP contribution is 2.20. The minimum Gasteiger partial charge on any atom is -0.362 e. The number of hydrogen-bond acceptors (Lipinski definition) is 3. The molecule has 0 radical (unpaired) electrons. The van der Waals surface area contributed by atoms with Crippen LogP contribution >= 0.6 is 23.2 Å². The summed E-state index contributed by atoms with van der Waals surface area (Å²) in [6.07, 6.45) is 0.303. The van der Waals surface area contributed by atoms with Crippen LogP contribution in [0.4, 0.5) is 4.79 Å². The molecule has 0 heterocycles.